The Hall–Kier alpha value is -3.71. The SMILES string of the molecule is Cc1cc(F)ccc1Nc1nc(Nc2ccccc2C)c2cccc(OC(C)O)c2n1. The summed E-state index contributed by atoms with van der Waals surface area (Å²) < 4.78 is 19.1. The maximum atomic E-state index is 13.5. The second-order valence-corrected chi connectivity index (χ2v) is 7.29. The summed E-state index contributed by atoms with van der Waals surface area (Å²) in [6.45, 7) is 5.35. The average molecular weight is 418 g/mol. The van der Waals surface area contributed by atoms with Gasteiger partial charge in [-0.3, -0.25) is 0 Å². The highest BCUT2D eigenvalue weighted by molar-refractivity contribution is 5.95. The van der Waals surface area contributed by atoms with Crippen LogP contribution in [0.3, 0.4) is 0 Å². The van der Waals surface area contributed by atoms with E-state index in [1.165, 1.54) is 19.1 Å². The van der Waals surface area contributed by atoms with Gasteiger partial charge in [-0.2, -0.15) is 4.98 Å². The molecule has 1 heterocycles. The molecule has 4 aromatic rings. The van der Waals surface area contributed by atoms with Crippen LogP contribution in [0.25, 0.3) is 10.9 Å². The van der Waals surface area contributed by atoms with Gasteiger partial charge in [0.25, 0.3) is 0 Å². The van der Waals surface area contributed by atoms with Gasteiger partial charge in [0, 0.05) is 16.8 Å². The van der Waals surface area contributed by atoms with E-state index in [0.29, 0.717) is 28.7 Å². The number of nitrogens with zero attached hydrogens (tertiary/aromatic N) is 2. The van der Waals surface area contributed by atoms with Gasteiger partial charge in [-0.1, -0.05) is 24.3 Å². The van der Waals surface area contributed by atoms with E-state index in [1.54, 1.807) is 19.1 Å². The molecule has 0 amide bonds. The standard InChI is InChI=1S/C24H23FN4O2/c1-14-7-4-5-9-19(14)26-23-18-8-6-10-21(31-16(3)30)22(18)28-24(29-23)27-20-12-11-17(25)13-15(20)2/h4-13,16,30H,1-3H3,(H2,26,27,28,29). The molecule has 0 aliphatic heterocycles. The molecule has 158 valence electrons. The molecule has 1 aromatic heterocycles. The minimum atomic E-state index is -0.996. The molecule has 6 nitrogen and oxygen atoms in total. The van der Waals surface area contributed by atoms with Crippen LogP contribution >= 0.6 is 0 Å². The number of hydrogen-bond donors (Lipinski definition) is 3. The largest absolute Gasteiger partial charge is 0.463 e. The van der Waals surface area contributed by atoms with Gasteiger partial charge >= 0.3 is 0 Å². The van der Waals surface area contributed by atoms with Crippen molar-refractivity contribution in [2.24, 2.45) is 0 Å². The van der Waals surface area contributed by atoms with Crippen molar-refractivity contribution in [3.8, 4) is 5.75 Å². The smallest absolute Gasteiger partial charge is 0.229 e. The zero-order valence-corrected chi connectivity index (χ0v) is 17.5. The zero-order chi connectivity index (χ0) is 22.0. The summed E-state index contributed by atoms with van der Waals surface area (Å²) in [4.78, 5) is 9.29. The van der Waals surface area contributed by atoms with Crippen molar-refractivity contribution in [3.63, 3.8) is 0 Å². The summed E-state index contributed by atoms with van der Waals surface area (Å²) in [6, 6.07) is 17.8. The summed E-state index contributed by atoms with van der Waals surface area (Å²) in [5.41, 5.74) is 3.93. The Balaban J connectivity index is 1.84. The topological polar surface area (TPSA) is 79.3 Å². The quantitative estimate of drug-likeness (QED) is 0.354. The van der Waals surface area contributed by atoms with Gasteiger partial charge < -0.3 is 20.5 Å². The molecule has 0 radical (unpaired) electrons. The Morgan fingerprint density at radius 2 is 1.68 bits per heavy atom. The van der Waals surface area contributed by atoms with E-state index in [9.17, 15) is 9.50 Å². The van der Waals surface area contributed by atoms with Crippen molar-refractivity contribution in [1.82, 2.24) is 9.97 Å². The minimum Gasteiger partial charge on any atom is -0.463 e. The van der Waals surface area contributed by atoms with Gasteiger partial charge in [0.05, 0.1) is 0 Å². The van der Waals surface area contributed by atoms with Gasteiger partial charge in [-0.05, 0) is 68.3 Å². The molecule has 4 rings (SSSR count). The third-order valence-electron chi connectivity index (χ3n) is 4.82. The number of aliphatic hydroxyl groups is 1. The van der Waals surface area contributed by atoms with Crippen LogP contribution in [0.4, 0.5) is 27.5 Å². The molecule has 7 heteroatoms. The molecule has 3 aromatic carbocycles. The normalized spacial score (nSPS) is 11.9. The van der Waals surface area contributed by atoms with E-state index in [4.69, 9.17) is 4.74 Å². The molecule has 0 saturated carbocycles. The number of anilines is 4. The lowest BCUT2D eigenvalue weighted by molar-refractivity contribution is 0.000727. The average Bonchev–Trinajstić information content (AvgIpc) is 2.72. The molecule has 0 fully saturated rings. The fourth-order valence-electron chi connectivity index (χ4n) is 3.28. The van der Waals surface area contributed by atoms with Crippen LogP contribution in [-0.2, 0) is 0 Å². The first kappa shape index (κ1) is 20.6. The lowest BCUT2D eigenvalue weighted by atomic mass is 10.1. The van der Waals surface area contributed by atoms with Crippen LogP contribution in [-0.4, -0.2) is 21.4 Å². The number of fused-ring (bicyclic) bond motifs is 1. The Morgan fingerprint density at radius 3 is 2.42 bits per heavy atom. The number of para-hydroxylation sites is 2. The first-order chi connectivity index (χ1) is 14.9. The van der Waals surface area contributed by atoms with E-state index in [-0.39, 0.29) is 5.82 Å². The Labute approximate surface area is 179 Å². The minimum absolute atomic E-state index is 0.308. The van der Waals surface area contributed by atoms with E-state index >= 15 is 0 Å². The van der Waals surface area contributed by atoms with Crippen LogP contribution in [0.15, 0.2) is 60.7 Å². The van der Waals surface area contributed by atoms with Crippen molar-refractivity contribution < 1.29 is 14.2 Å². The number of aryl methyl sites for hydroxylation is 2. The van der Waals surface area contributed by atoms with Crippen molar-refractivity contribution >= 4 is 34.0 Å². The molecule has 3 N–H and O–H groups in total. The van der Waals surface area contributed by atoms with E-state index in [1.807, 2.05) is 43.3 Å². The van der Waals surface area contributed by atoms with E-state index < -0.39 is 6.29 Å². The Morgan fingerprint density at radius 1 is 0.903 bits per heavy atom. The van der Waals surface area contributed by atoms with E-state index in [0.717, 1.165) is 22.2 Å². The van der Waals surface area contributed by atoms with Gasteiger partial charge in [-0.25, -0.2) is 9.37 Å². The molecular weight excluding hydrogens is 395 g/mol. The van der Waals surface area contributed by atoms with Crippen molar-refractivity contribution in [2.75, 3.05) is 10.6 Å². The third-order valence-corrected chi connectivity index (χ3v) is 4.82. The molecule has 0 bridgehead atoms. The number of aliphatic hydroxyl groups excluding tert-OH is 1. The monoisotopic (exact) mass is 418 g/mol. The predicted molar refractivity (Wildman–Crippen MR) is 121 cm³/mol. The van der Waals surface area contributed by atoms with Gasteiger partial charge in [0.15, 0.2) is 6.29 Å². The lowest BCUT2D eigenvalue weighted by Gasteiger charge is -2.16. The maximum absolute atomic E-state index is 13.5. The van der Waals surface area contributed by atoms with Crippen LogP contribution in [0.2, 0.25) is 0 Å². The van der Waals surface area contributed by atoms with Gasteiger partial charge in [0.2, 0.25) is 5.95 Å². The highest BCUT2D eigenvalue weighted by Crippen LogP contribution is 2.33. The van der Waals surface area contributed by atoms with Crippen LogP contribution in [0, 0.1) is 19.7 Å². The molecule has 31 heavy (non-hydrogen) atoms. The van der Waals surface area contributed by atoms with Crippen molar-refractivity contribution in [2.45, 2.75) is 27.1 Å². The van der Waals surface area contributed by atoms with Gasteiger partial charge in [-0.15, -0.1) is 0 Å². The number of benzene rings is 3. The number of nitrogens with one attached hydrogen (secondary N) is 2. The summed E-state index contributed by atoms with van der Waals surface area (Å²) in [7, 11) is 0. The van der Waals surface area contributed by atoms with Crippen LogP contribution in [0.1, 0.15) is 18.1 Å². The fourth-order valence-corrected chi connectivity index (χ4v) is 3.28. The molecule has 0 saturated heterocycles. The first-order valence-electron chi connectivity index (χ1n) is 9.92. The number of hydrogen-bond acceptors (Lipinski definition) is 6. The van der Waals surface area contributed by atoms with Crippen molar-refractivity contribution in [3.05, 3.63) is 77.6 Å². The zero-order valence-electron chi connectivity index (χ0n) is 17.5. The first-order valence-corrected chi connectivity index (χ1v) is 9.92. The van der Waals surface area contributed by atoms with Crippen LogP contribution in [0.5, 0.6) is 5.75 Å². The molecule has 0 aliphatic rings. The summed E-state index contributed by atoms with van der Waals surface area (Å²) in [6.07, 6.45) is -0.996. The lowest BCUT2D eigenvalue weighted by Crippen LogP contribution is -2.11. The number of aromatic nitrogens is 2. The second kappa shape index (κ2) is 8.57. The highest BCUT2D eigenvalue weighted by atomic mass is 19.1. The van der Waals surface area contributed by atoms with E-state index in [2.05, 4.69) is 20.6 Å². The molecule has 1 atom stereocenters. The van der Waals surface area contributed by atoms with Crippen molar-refractivity contribution in [1.29, 1.82) is 0 Å². The summed E-state index contributed by atoms with van der Waals surface area (Å²) >= 11 is 0. The third kappa shape index (κ3) is 4.57. The fraction of sp³-hybridized carbons (Fsp3) is 0.167. The Kier molecular flexibility index (Phi) is 5.68. The molecular formula is C24H23FN4O2. The summed E-state index contributed by atoms with van der Waals surface area (Å²) in [5.74, 6) is 1.02. The van der Waals surface area contributed by atoms with Crippen LogP contribution < -0.4 is 15.4 Å². The number of rotatable bonds is 6. The number of ether oxygens (including phenoxy) is 1. The highest BCUT2D eigenvalue weighted by Gasteiger charge is 2.15. The predicted octanol–water partition coefficient (Wildman–Crippen LogP) is 5.59. The van der Waals surface area contributed by atoms with Gasteiger partial charge in [0.1, 0.15) is 22.9 Å². The second-order valence-electron chi connectivity index (χ2n) is 7.29. The molecule has 0 aliphatic carbocycles. The Bertz CT molecular complexity index is 1240. The molecule has 1 unspecified atom stereocenters. The summed E-state index contributed by atoms with van der Waals surface area (Å²) in [5, 5.41) is 17.0. The molecule has 0 spiro atoms. The number of halogens is 1. The maximum Gasteiger partial charge on any atom is 0.229 e.